The Balaban J connectivity index is 1.96. The maximum atomic E-state index is 6.47. The summed E-state index contributed by atoms with van der Waals surface area (Å²) in [6, 6.07) is 10.4. The zero-order valence-electron chi connectivity index (χ0n) is 11.0. The van der Waals surface area contributed by atoms with Gasteiger partial charge in [-0.2, -0.15) is 0 Å². The van der Waals surface area contributed by atoms with E-state index in [1.165, 1.54) is 32.1 Å². The lowest BCUT2D eigenvalue weighted by Crippen LogP contribution is -2.24. The van der Waals surface area contributed by atoms with Crippen molar-refractivity contribution < 1.29 is 0 Å². The van der Waals surface area contributed by atoms with Gasteiger partial charge in [0, 0.05) is 9.86 Å². The smallest absolute Gasteiger partial charge is 0.0723 e. The van der Waals surface area contributed by atoms with E-state index in [-0.39, 0.29) is 6.04 Å². The van der Waals surface area contributed by atoms with Gasteiger partial charge in [0.25, 0.3) is 0 Å². The highest BCUT2D eigenvalue weighted by atomic mass is 79.9. The number of benzene rings is 1. The van der Waals surface area contributed by atoms with Crippen LogP contribution in [-0.4, -0.2) is 4.98 Å². The van der Waals surface area contributed by atoms with Crippen LogP contribution in [0.5, 0.6) is 0 Å². The Bertz CT molecular complexity index is 576. The molecule has 3 heteroatoms. The number of aromatic nitrogens is 1. The molecule has 2 N–H and O–H groups in total. The largest absolute Gasteiger partial charge is 0.322 e. The molecule has 3 rings (SSSR count). The number of fused-ring (bicyclic) bond motifs is 1. The quantitative estimate of drug-likeness (QED) is 0.880. The Morgan fingerprint density at radius 3 is 2.68 bits per heavy atom. The fourth-order valence-electron chi connectivity index (χ4n) is 3.06. The molecule has 1 fully saturated rings. The van der Waals surface area contributed by atoms with Crippen molar-refractivity contribution in [1.82, 2.24) is 4.98 Å². The van der Waals surface area contributed by atoms with E-state index in [2.05, 4.69) is 34.1 Å². The topological polar surface area (TPSA) is 38.9 Å². The number of hydrogen-bond donors (Lipinski definition) is 1. The summed E-state index contributed by atoms with van der Waals surface area (Å²) in [5, 5.41) is 1.16. The molecular formula is C16H19BrN2. The van der Waals surface area contributed by atoms with Crippen LogP contribution in [0, 0.1) is 5.92 Å². The molecule has 0 aliphatic heterocycles. The van der Waals surface area contributed by atoms with E-state index in [0.717, 1.165) is 21.1 Å². The molecule has 2 nitrogen and oxygen atoms in total. The van der Waals surface area contributed by atoms with Crippen LogP contribution < -0.4 is 5.73 Å². The average Bonchev–Trinajstić information content (AvgIpc) is 2.47. The molecule has 0 spiro atoms. The van der Waals surface area contributed by atoms with Gasteiger partial charge in [0.2, 0.25) is 0 Å². The van der Waals surface area contributed by atoms with Crippen molar-refractivity contribution in [3.05, 3.63) is 40.5 Å². The van der Waals surface area contributed by atoms with Crippen molar-refractivity contribution in [1.29, 1.82) is 0 Å². The third-order valence-corrected chi connectivity index (χ3v) is 4.81. The molecular weight excluding hydrogens is 300 g/mol. The van der Waals surface area contributed by atoms with Crippen LogP contribution in [-0.2, 0) is 0 Å². The SMILES string of the molecule is NC(c1nc2ccccc2cc1Br)C1CCCCC1. The minimum absolute atomic E-state index is 0.0549. The minimum atomic E-state index is 0.0549. The first-order valence-electron chi connectivity index (χ1n) is 7.06. The number of para-hydroxylation sites is 1. The fourth-order valence-corrected chi connectivity index (χ4v) is 3.65. The number of halogens is 1. The monoisotopic (exact) mass is 318 g/mol. The van der Waals surface area contributed by atoms with Gasteiger partial charge in [0.1, 0.15) is 0 Å². The van der Waals surface area contributed by atoms with Gasteiger partial charge in [-0.1, -0.05) is 37.5 Å². The van der Waals surface area contributed by atoms with E-state index in [1.807, 2.05) is 12.1 Å². The normalized spacial score (nSPS) is 18.6. The predicted octanol–water partition coefficient (Wildman–Crippen LogP) is 4.58. The molecule has 1 heterocycles. The lowest BCUT2D eigenvalue weighted by atomic mass is 9.83. The molecule has 0 bridgehead atoms. The maximum Gasteiger partial charge on any atom is 0.0723 e. The molecule has 1 aliphatic carbocycles. The van der Waals surface area contributed by atoms with Crippen molar-refractivity contribution in [3.63, 3.8) is 0 Å². The molecule has 1 aromatic carbocycles. The van der Waals surface area contributed by atoms with Crippen LogP contribution in [0.3, 0.4) is 0 Å². The summed E-state index contributed by atoms with van der Waals surface area (Å²) in [6.07, 6.45) is 6.45. The average molecular weight is 319 g/mol. The number of hydrogen-bond acceptors (Lipinski definition) is 2. The van der Waals surface area contributed by atoms with Crippen molar-refractivity contribution in [2.45, 2.75) is 38.1 Å². The van der Waals surface area contributed by atoms with Crippen LogP contribution >= 0.6 is 15.9 Å². The summed E-state index contributed by atoms with van der Waals surface area (Å²) in [4.78, 5) is 4.78. The van der Waals surface area contributed by atoms with Gasteiger partial charge in [0.15, 0.2) is 0 Å². The highest BCUT2D eigenvalue weighted by Crippen LogP contribution is 2.35. The zero-order valence-corrected chi connectivity index (χ0v) is 12.6. The van der Waals surface area contributed by atoms with Gasteiger partial charge in [-0.25, -0.2) is 4.98 Å². The second-order valence-electron chi connectivity index (χ2n) is 5.47. The molecule has 100 valence electrons. The van der Waals surface area contributed by atoms with Gasteiger partial charge in [0.05, 0.1) is 17.3 Å². The van der Waals surface area contributed by atoms with Crippen molar-refractivity contribution in [2.24, 2.45) is 11.7 Å². The molecule has 2 aromatic rings. The van der Waals surface area contributed by atoms with Gasteiger partial charge >= 0.3 is 0 Å². The third-order valence-electron chi connectivity index (χ3n) is 4.18. The van der Waals surface area contributed by atoms with Gasteiger partial charge in [-0.05, 0) is 46.8 Å². The number of nitrogens with zero attached hydrogens (tertiary/aromatic N) is 1. The van der Waals surface area contributed by atoms with E-state index in [1.54, 1.807) is 0 Å². The standard InChI is InChI=1S/C16H19BrN2/c17-13-10-12-8-4-5-9-14(12)19-16(13)15(18)11-6-2-1-3-7-11/h4-5,8-11,15H,1-3,6-7,18H2. The number of rotatable bonds is 2. The Labute approximate surface area is 122 Å². The first-order valence-corrected chi connectivity index (χ1v) is 7.86. The van der Waals surface area contributed by atoms with E-state index >= 15 is 0 Å². The second-order valence-corrected chi connectivity index (χ2v) is 6.33. The van der Waals surface area contributed by atoms with Crippen LogP contribution in [0.15, 0.2) is 34.8 Å². The second kappa shape index (κ2) is 5.59. The van der Waals surface area contributed by atoms with Crippen LogP contribution in [0.4, 0.5) is 0 Å². The van der Waals surface area contributed by atoms with Crippen molar-refractivity contribution in [3.8, 4) is 0 Å². The van der Waals surface area contributed by atoms with E-state index in [0.29, 0.717) is 5.92 Å². The van der Waals surface area contributed by atoms with Crippen LogP contribution in [0.25, 0.3) is 10.9 Å². The zero-order chi connectivity index (χ0) is 13.2. The molecule has 1 atom stereocenters. The van der Waals surface area contributed by atoms with Gasteiger partial charge in [-0.15, -0.1) is 0 Å². The molecule has 1 aromatic heterocycles. The summed E-state index contributed by atoms with van der Waals surface area (Å²) in [7, 11) is 0. The Morgan fingerprint density at radius 2 is 1.89 bits per heavy atom. The van der Waals surface area contributed by atoms with Crippen LogP contribution in [0.2, 0.25) is 0 Å². The lowest BCUT2D eigenvalue weighted by molar-refractivity contribution is 0.304. The number of pyridine rings is 1. The number of nitrogens with two attached hydrogens (primary N) is 1. The first kappa shape index (κ1) is 13.1. The van der Waals surface area contributed by atoms with E-state index < -0.39 is 0 Å². The summed E-state index contributed by atoms with van der Waals surface area (Å²) in [6.45, 7) is 0. The van der Waals surface area contributed by atoms with Crippen molar-refractivity contribution >= 4 is 26.8 Å². The summed E-state index contributed by atoms with van der Waals surface area (Å²) < 4.78 is 1.05. The molecule has 19 heavy (non-hydrogen) atoms. The Kier molecular flexibility index (Phi) is 3.85. The lowest BCUT2D eigenvalue weighted by Gasteiger charge is -2.27. The molecule has 0 amide bonds. The van der Waals surface area contributed by atoms with E-state index in [4.69, 9.17) is 10.7 Å². The first-order chi connectivity index (χ1) is 9.25. The highest BCUT2D eigenvalue weighted by molar-refractivity contribution is 9.10. The Morgan fingerprint density at radius 1 is 1.16 bits per heavy atom. The summed E-state index contributed by atoms with van der Waals surface area (Å²) in [5.74, 6) is 0.582. The maximum absolute atomic E-state index is 6.47. The molecule has 1 aliphatic rings. The minimum Gasteiger partial charge on any atom is -0.322 e. The third kappa shape index (κ3) is 2.67. The fraction of sp³-hybridized carbons (Fsp3) is 0.438. The molecule has 0 radical (unpaired) electrons. The van der Waals surface area contributed by atoms with E-state index in [9.17, 15) is 0 Å². The van der Waals surface area contributed by atoms with Crippen LogP contribution in [0.1, 0.15) is 43.8 Å². The molecule has 0 saturated heterocycles. The Hall–Kier alpha value is -0.930. The summed E-state index contributed by atoms with van der Waals surface area (Å²) >= 11 is 3.64. The molecule has 1 unspecified atom stereocenters. The predicted molar refractivity (Wildman–Crippen MR) is 82.9 cm³/mol. The van der Waals surface area contributed by atoms with Gasteiger partial charge in [-0.3, -0.25) is 0 Å². The highest BCUT2D eigenvalue weighted by Gasteiger charge is 2.24. The summed E-state index contributed by atoms with van der Waals surface area (Å²) in [5.41, 5.74) is 8.52. The van der Waals surface area contributed by atoms with Crippen molar-refractivity contribution in [2.75, 3.05) is 0 Å². The van der Waals surface area contributed by atoms with Gasteiger partial charge < -0.3 is 5.73 Å². The molecule has 1 saturated carbocycles.